The number of carboxylic acids is 1. The average Bonchev–Trinajstić information content (AvgIpc) is 2.95. The summed E-state index contributed by atoms with van der Waals surface area (Å²) in [6, 6.07) is 5.81. The van der Waals surface area contributed by atoms with Crippen molar-refractivity contribution in [1.82, 2.24) is 10.6 Å². The van der Waals surface area contributed by atoms with Gasteiger partial charge in [-0.3, -0.25) is 9.59 Å². The van der Waals surface area contributed by atoms with Crippen LogP contribution in [0.25, 0.3) is 0 Å². The summed E-state index contributed by atoms with van der Waals surface area (Å²) in [5.74, 6) is -1.14. The molecular formula is C16H20N2O3. The summed E-state index contributed by atoms with van der Waals surface area (Å²) in [7, 11) is 0. The number of nitrogens with one attached hydrogen (secondary N) is 2. The van der Waals surface area contributed by atoms with Crippen LogP contribution < -0.4 is 10.6 Å². The van der Waals surface area contributed by atoms with E-state index in [1.54, 1.807) is 0 Å². The molecule has 3 rings (SSSR count). The van der Waals surface area contributed by atoms with Gasteiger partial charge in [0.1, 0.15) is 0 Å². The monoisotopic (exact) mass is 288 g/mol. The van der Waals surface area contributed by atoms with Crippen LogP contribution in [0.1, 0.15) is 40.7 Å². The minimum Gasteiger partial charge on any atom is -0.481 e. The van der Waals surface area contributed by atoms with Crippen molar-refractivity contribution in [1.29, 1.82) is 0 Å². The summed E-state index contributed by atoms with van der Waals surface area (Å²) >= 11 is 0. The number of fused-ring (bicyclic) bond motifs is 1. The third-order valence-electron chi connectivity index (χ3n) is 4.50. The van der Waals surface area contributed by atoms with Gasteiger partial charge in [-0.2, -0.15) is 0 Å². The number of hydrogen-bond donors (Lipinski definition) is 3. The van der Waals surface area contributed by atoms with E-state index in [4.69, 9.17) is 5.11 Å². The number of aliphatic carboxylic acids is 1. The van der Waals surface area contributed by atoms with E-state index in [2.05, 4.69) is 10.6 Å². The summed E-state index contributed by atoms with van der Waals surface area (Å²) in [4.78, 5) is 23.4. The fourth-order valence-corrected chi connectivity index (χ4v) is 3.34. The van der Waals surface area contributed by atoms with Crippen LogP contribution in [0.3, 0.4) is 0 Å². The normalized spacial score (nSPS) is 24.4. The Balaban J connectivity index is 1.70. The number of carbonyl (C=O) groups is 2. The molecule has 112 valence electrons. The molecule has 3 N–H and O–H groups in total. The Hall–Kier alpha value is -1.88. The van der Waals surface area contributed by atoms with Crippen LogP contribution in [0, 0.1) is 5.92 Å². The molecule has 21 heavy (non-hydrogen) atoms. The van der Waals surface area contributed by atoms with Crippen molar-refractivity contribution in [2.45, 2.75) is 38.3 Å². The van der Waals surface area contributed by atoms with Crippen molar-refractivity contribution >= 4 is 11.9 Å². The Morgan fingerprint density at radius 2 is 2.14 bits per heavy atom. The van der Waals surface area contributed by atoms with Crippen LogP contribution in [-0.4, -0.2) is 29.6 Å². The zero-order valence-corrected chi connectivity index (χ0v) is 11.9. The number of amides is 1. The van der Waals surface area contributed by atoms with Gasteiger partial charge in [-0.15, -0.1) is 0 Å². The first-order valence-corrected chi connectivity index (χ1v) is 7.50. The van der Waals surface area contributed by atoms with Crippen molar-refractivity contribution in [3.8, 4) is 0 Å². The molecule has 5 heteroatoms. The lowest BCUT2D eigenvalue weighted by molar-refractivity contribution is -0.141. The van der Waals surface area contributed by atoms with Gasteiger partial charge in [-0.05, 0) is 49.4 Å². The SMILES string of the molecule is O=C(N[C@H]1CC[C@@H](C(=O)O)C1)c1cccc2c1CCNC2. The molecule has 1 aliphatic carbocycles. The second-order valence-electron chi connectivity index (χ2n) is 5.89. The highest BCUT2D eigenvalue weighted by atomic mass is 16.4. The lowest BCUT2D eigenvalue weighted by Crippen LogP contribution is -2.35. The third-order valence-corrected chi connectivity index (χ3v) is 4.50. The Morgan fingerprint density at radius 1 is 1.29 bits per heavy atom. The van der Waals surface area contributed by atoms with Gasteiger partial charge in [0.05, 0.1) is 5.92 Å². The van der Waals surface area contributed by atoms with Crippen LogP contribution in [0.15, 0.2) is 18.2 Å². The Labute approximate surface area is 123 Å². The number of rotatable bonds is 3. The maximum atomic E-state index is 12.5. The molecule has 1 aromatic rings. The molecule has 1 fully saturated rings. The zero-order valence-electron chi connectivity index (χ0n) is 11.9. The molecule has 0 radical (unpaired) electrons. The quantitative estimate of drug-likeness (QED) is 0.784. The molecular weight excluding hydrogens is 268 g/mol. The zero-order chi connectivity index (χ0) is 14.8. The van der Waals surface area contributed by atoms with Gasteiger partial charge in [0, 0.05) is 18.2 Å². The van der Waals surface area contributed by atoms with Crippen molar-refractivity contribution in [3.63, 3.8) is 0 Å². The van der Waals surface area contributed by atoms with Gasteiger partial charge in [-0.25, -0.2) is 0 Å². The van der Waals surface area contributed by atoms with E-state index in [-0.39, 0.29) is 17.9 Å². The van der Waals surface area contributed by atoms with Gasteiger partial charge in [-0.1, -0.05) is 12.1 Å². The molecule has 2 aliphatic rings. The predicted molar refractivity (Wildman–Crippen MR) is 78.1 cm³/mol. The summed E-state index contributed by atoms with van der Waals surface area (Å²) in [6.07, 6.45) is 2.80. The van der Waals surface area contributed by atoms with Crippen molar-refractivity contribution in [3.05, 3.63) is 34.9 Å². The van der Waals surface area contributed by atoms with Gasteiger partial charge < -0.3 is 15.7 Å². The molecule has 0 bridgehead atoms. The topological polar surface area (TPSA) is 78.4 Å². The molecule has 1 saturated carbocycles. The lowest BCUT2D eigenvalue weighted by atomic mass is 9.95. The fraction of sp³-hybridized carbons (Fsp3) is 0.500. The highest BCUT2D eigenvalue weighted by molar-refractivity contribution is 5.96. The number of benzene rings is 1. The average molecular weight is 288 g/mol. The van der Waals surface area contributed by atoms with E-state index in [9.17, 15) is 9.59 Å². The Kier molecular flexibility index (Phi) is 3.92. The third kappa shape index (κ3) is 2.93. The summed E-state index contributed by atoms with van der Waals surface area (Å²) < 4.78 is 0. The Morgan fingerprint density at radius 3 is 2.90 bits per heavy atom. The van der Waals surface area contributed by atoms with Crippen LogP contribution >= 0.6 is 0 Å². The molecule has 1 amide bonds. The van der Waals surface area contributed by atoms with E-state index >= 15 is 0 Å². The van der Waals surface area contributed by atoms with Crippen LogP contribution in [0.4, 0.5) is 0 Å². The van der Waals surface area contributed by atoms with Crippen molar-refractivity contribution in [2.24, 2.45) is 5.92 Å². The molecule has 1 heterocycles. The van der Waals surface area contributed by atoms with Crippen LogP contribution in [-0.2, 0) is 17.8 Å². The van der Waals surface area contributed by atoms with Crippen molar-refractivity contribution < 1.29 is 14.7 Å². The second kappa shape index (κ2) is 5.85. The van der Waals surface area contributed by atoms with Crippen LogP contribution in [0.2, 0.25) is 0 Å². The highest BCUT2D eigenvalue weighted by Gasteiger charge is 2.31. The number of hydrogen-bond acceptors (Lipinski definition) is 3. The minimum atomic E-state index is -0.755. The number of carbonyl (C=O) groups excluding carboxylic acids is 1. The molecule has 1 aliphatic heterocycles. The number of carboxylic acid groups (broad SMARTS) is 1. The van der Waals surface area contributed by atoms with E-state index in [1.165, 1.54) is 5.56 Å². The van der Waals surface area contributed by atoms with Crippen molar-refractivity contribution in [2.75, 3.05) is 6.54 Å². The maximum absolute atomic E-state index is 12.5. The highest BCUT2D eigenvalue weighted by Crippen LogP contribution is 2.26. The van der Waals surface area contributed by atoms with E-state index in [0.717, 1.165) is 37.1 Å². The molecule has 0 unspecified atom stereocenters. The summed E-state index contributed by atoms with van der Waals surface area (Å²) in [5.41, 5.74) is 3.05. The van der Waals surface area contributed by atoms with Gasteiger partial charge in [0.2, 0.25) is 0 Å². The minimum absolute atomic E-state index is 0.0174. The summed E-state index contributed by atoms with van der Waals surface area (Å²) in [6.45, 7) is 1.70. The van der Waals surface area contributed by atoms with Gasteiger partial charge >= 0.3 is 5.97 Å². The van der Waals surface area contributed by atoms with Gasteiger partial charge in [0.15, 0.2) is 0 Å². The van der Waals surface area contributed by atoms with Gasteiger partial charge in [0.25, 0.3) is 5.91 Å². The molecule has 1 aromatic carbocycles. The summed E-state index contributed by atoms with van der Waals surface area (Å²) in [5, 5.41) is 15.3. The predicted octanol–water partition coefficient (Wildman–Crippen LogP) is 1.32. The lowest BCUT2D eigenvalue weighted by Gasteiger charge is -2.21. The first-order valence-electron chi connectivity index (χ1n) is 7.50. The van der Waals surface area contributed by atoms with E-state index in [0.29, 0.717) is 12.8 Å². The molecule has 5 nitrogen and oxygen atoms in total. The fourth-order valence-electron chi connectivity index (χ4n) is 3.34. The first kappa shape index (κ1) is 14.1. The first-order chi connectivity index (χ1) is 10.1. The van der Waals surface area contributed by atoms with E-state index < -0.39 is 5.97 Å². The van der Waals surface area contributed by atoms with E-state index in [1.807, 2.05) is 18.2 Å². The molecule has 0 spiro atoms. The molecule has 0 saturated heterocycles. The standard InChI is InChI=1S/C16H20N2O3/c19-15(18-12-5-4-10(8-12)16(20)21)14-3-1-2-11-9-17-7-6-13(11)14/h1-3,10,12,17H,4-9H2,(H,18,19)(H,20,21)/t10-,12+/m1/s1. The molecule has 0 aromatic heterocycles. The second-order valence-corrected chi connectivity index (χ2v) is 5.89. The smallest absolute Gasteiger partial charge is 0.306 e. The molecule has 2 atom stereocenters. The van der Waals surface area contributed by atoms with Crippen LogP contribution in [0.5, 0.6) is 0 Å². The largest absolute Gasteiger partial charge is 0.481 e. The maximum Gasteiger partial charge on any atom is 0.306 e. The Bertz CT molecular complexity index is 571.